The van der Waals surface area contributed by atoms with Gasteiger partial charge in [0.1, 0.15) is 6.54 Å². The highest BCUT2D eigenvalue weighted by atomic mass is 79.9. The summed E-state index contributed by atoms with van der Waals surface area (Å²) < 4.78 is 12.2. The van der Waals surface area contributed by atoms with E-state index >= 15 is 0 Å². The Morgan fingerprint density at radius 3 is 2.40 bits per heavy atom. The van der Waals surface area contributed by atoms with Gasteiger partial charge >= 0.3 is 0 Å². The second-order valence-electron chi connectivity index (χ2n) is 8.67. The van der Waals surface area contributed by atoms with E-state index < -0.39 is 23.6 Å². The summed E-state index contributed by atoms with van der Waals surface area (Å²) in [5, 5.41) is 4.92. The molecule has 1 aliphatic rings. The zero-order valence-corrected chi connectivity index (χ0v) is 24.1. The fraction of sp³-hybridized carbons (Fsp3) is 0.172. The van der Waals surface area contributed by atoms with Gasteiger partial charge in [-0.05, 0) is 91.3 Å². The predicted octanol–water partition coefficient (Wildman–Crippen LogP) is 5.85. The number of hydrogen-bond acceptors (Lipinski definition) is 7. The van der Waals surface area contributed by atoms with Crippen LogP contribution in [0.25, 0.3) is 6.08 Å². The number of ether oxygens (including phenoxy) is 2. The average Bonchev–Trinajstić information content (AvgIpc) is 3.17. The molecule has 40 heavy (non-hydrogen) atoms. The third kappa shape index (κ3) is 7.73. The highest BCUT2D eigenvalue weighted by Gasteiger charge is 2.36. The lowest BCUT2D eigenvalue weighted by molar-refractivity contribution is -0.127. The van der Waals surface area contributed by atoms with Crippen LogP contribution < -0.4 is 20.1 Å². The van der Waals surface area contributed by atoms with E-state index in [2.05, 4.69) is 26.6 Å². The molecule has 9 nitrogen and oxygen atoms in total. The summed E-state index contributed by atoms with van der Waals surface area (Å²) in [5.74, 6) is -0.636. The SMILES string of the molecule is CCOc1cc(/C=C2/SC(=O)N(CC(=O)Nc3ccc(Br)cc3)C2=O)ccc1OCC(=O)Nc1cccc(C)c1. The molecule has 0 aliphatic carbocycles. The van der Waals surface area contributed by atoms with E-state index in [-0.39, 0.29) is 17.4 Å². The molecule has 3 aromatic rings. The molecular weight excluding hydrogens is 598 g/mol. The minimum absolute atomic E-state index is 0.176. The van der Waals surface area contributed by atoms with Gasteiger partial charge in [-0.25, -0.2) is 0 Å². The largest absolute Gasteiger partial charge is 0.490 e. The topological polar surface area (TPSA) is 114 Å². The van der Waals surface area contributed by atoms with Gasteiger partial charge in [0, 0.05) is 15.8 Å². The number of rotatable bonds is 10. The van der Waals surface area contributed by atoms with Crippen LogP contribution in [0.2, 0.25) is 0 Å². The Morgan fingerprint density at radius 2 is 1.68 bits per heavy atom. The Labute approximate surface area is 244 Å². The Kier molecular flexibility index (Phi) is 9.62. The highest BCUT2D eigenvalue weighted by molar-refractivity contribution is 9.10. The molecule has 0 radical (unpaired) electrons. The number of hydrogen-bond donors (Lipinski definition) is 2. The fourth-order valence-corrected chi connectivity index (χ4v) is 4.83. The highest BCUT2D eigenvalue weighted by Crippen LogP contribution is 2.34. The summed E-state index contributed by atoms with van der Waals surface area (Å²) in [6.45, 7) is 3.46. The number of aryl methyl sites for hydroxylation is 1. The van der Waals surface area contributed by atoms with Crippen LogP contribution in [-0.4, -0.2) is 47.6 Å². The van der Waals surface area contributed by atoms with Crippen molar-refractivity contribution >= 4 is 68.1 Å². The van der Waals surface area contributed by atoms with Crippen LogP contribution in [0.4, 0.5) is 16.2 Å². The van der Waals surface area contributed by atoms with Gasteiger partial charge in [0.05, 0.1) is 11.5 Å². The zero-order valence-electron chi connectivity index (χ0n) is 21.7. The monoisotopic (exact) mass is 623 g/mol. The Balaban J connectivity index is 1.40. The maximum Gasteiger partial charge on any atom is 0.294 e. The summed E-state index contributed by atoms with van der Waals surface area (Å²) in [5.41, 5.74) is 2.84. The standard InChI is InChI=1S/C29H26BrN3O6S/c1-3-38-24-14-19(7-12-23(24)39-17-27(35)32-22-6-4-5-18(2)13-22)15-25-28(36)33(29(37)40-25)16-26(34)31-21-10-8-20(30)9-11-21/h4-15H,3,16-17H2,1-2H3,(H,31,34)(H,32,35)/b25-15+. The molecular formula is C29H26BrN3O6S. The maximum atomic E-state index is 12.9. The van der Waals surface area contributed by atoms with Crippen molar-refractivity contribution in [3.05, 3.63) is 87.2 Å². The lowest BCUT2D eigenvalue weighted by Crippen LogP contribution is -2.36. The molecule has 1 saturated heterocycles. The van der Waals surface area contributed by atoms with Gasteiger partial charge < -0.3 is 20.1 Å². The van der Waals surface area contributed by atoms with E-state index in [9.17, 15) is 19.2 Å². The van der Waals surface area contributed by atoms with E-state index in [0.29, 0.717) is 35.0 Å². The van der Waals surface area contributed by atoms with Gasteiger partial charge in [0.25, 0.3) is 17.1 Å². The third-order valence-electron chi connectivity index (χ3n) is 5.53. The van der Waals surface area contributed by atoms with Crippen LogP contribution in [0.1, 0.15) is 18.1 Å². The maximum absolute atomic E-state index is 12.9. The molecule has 0 saturated carbocycles. The molecule has 3 aromatic carbocycles. The lowest BCUT2D eigenvalue weighted by atomic mass is 10.2. The van der Waals surface area contributed by atoms with Crippen LogP contribution in [0, 0.1) is 6.92 Å². The van der Waals surface area contributed by atoms with Crippen LogP contribution in [0.15, 0.2) is 76.1 Å². The molecule has 1 fully saturated rings. The summed E-state index contributed by atoms with van der Waals surface area (Å²) >= 11 is 4.08. The zero-order chi connectivity index (χ0) is 28.6. The molecule has 4 rings (SSSR count). The minimum Gasteiger partial charge on any atom is -0.490 e. The summed E-state index contributed by atoms with van der Waals surface area (Å²) in [6.07, 6.45) is 1.55. The number of nitrogens with zero attached hydrogens (tertiary/aromatic N) is 1. The number of halogens is 1. The quantitative estimate of drug-likeness (QED) is 0.272. The van der Waals surface area contributed by atoms with Crippen molar-refractivity contribution in [3.63, 3.8) is 0 Å². The van der Waals surface area contributed by atoms with Gasteiger partial charge in [0.2, 0.25) is 5.91 Å². The van der Waals surface area contributed by atoms with E-state index in [1.807, 2.05) is 32.0 Å². The molecule has 0 atom stereocenters. The number of nitrogens with one attached hydrogen (secondary N) is 2. The van der Waals surface area contributed by atoms with Gasteiger partial charge in [0.15, 0.2) is 18.1 Å². The lowest BCUT2D eigenvalue weighted by Gasteiger charge is -2.13. The summed E-state index contributed by atoms with van der Waals surface area (Å²) in [4.78, 5) is 51.3. The fourth-order valence-electron chi connectivity index (χ4n) is 3.73. The van der Waals surface area contributed by atoms with Crippen molar-refractivity contribution in [2.45, 2.75) is 13.8 Å². The second kappa shape index (κ2) is 13.3. The number of amides is 4. The molecule has 4 amide bonds. The molecule has 0 aromatic heterocycles. The molecule has 1 aliphatic heterocycles. The van der Waals surface area contributed by atoms with E-state index in [4.69, 9.17) is 9.47 Å². The Bertz CT molecular complexity index is 1470. The Hall–Kier alpha value is -4.09. The average molecular weight is 625 g/mol. The number of carbonyl (C=O) groups excluding carboxylic acids is 4. The molecule has 1 heterocycles. The normalized spacial score (nSPS) is 13.9. The molecule has 11 heteroatoms. The van der Waals surface area contributed by atoms with Gasteiger partial charge in [-0.2, -0.15) is 0 Å². The molecule has 0 spiro atoms. The van der Waals surface area contributed by atoms with Crippen LogP contribution in [0.5, 0.6) is 11.5 Å². The van der Waals surface area contributed by atoms with Crippen molar-refractivity contribution in [3.8, 4) is 11.5 Å². The molecule has 206 valence electrons. The number of benzene rings is 3. The Morgan fingerprint density at radius 1 is 0.925 bits per heavy atom. The van der Waals surface area contributed by atoms with Crippen molar-refractivity contribution in [1.82, 2.24) is 4.90 Å². The predicted molar refractivity (Wildman–Crippen MR) is 158 cm³/mol. The van der Waals surface area contributed by atoms with Crippen molar-refractivity contribution < 1.29 is 28.7 Å². The number of carbonyl (C=O) groups is 4. The van der Waals surface area contributed by atoms with Gasteiger partial charge in [-0.3, -0.25) is 24.1 Å². The summed E-state index contributed by atoms with van der Waals surface area (Å²) in [6, 6.07) is 19.4. The van der Waals surface area contributed by atoms with Gasteiger partial charge in [-0.15, -0.1) is 0 Å². The minimum atomic E-state index is -0.563. The summed E-state index contributed by atoms with van der Waals surface area (Å²) in [7, 11) is 0. The third-order valence-corrected chi connectivity index (χ3v) is 6.97. The molecule has 0 bridgehead atoms. The van der Waals surface area contributed by atoms with Crippen molar-refractivity contribution in [2.24, 2.45) is 0 Å². The first-order chi connectivity index (χ1) is 19.2. The van der Waals surface area contributed by atoms with Crippen molar-refractivity contribution in [2.75, 3.05) is 30.4 Å². The molecule has 2 N–H and O–H groups in total. The van der Waals surface area contributed by atoms with E-state index in [1.165, 1.54) is 0 Å². The van der Waals surface area contributed by atoms with E-state index in [0.717, 1.165) is 26.7 Å². The van der Waals surface area contributed by atoms with Gasteiger partial charge in [-0.1, -0.05) is 34.1 Å². The first kappa shape index (κ1) is 28.9. The number of thioether (sulfide) groups is 1. The van der Waals surface area contributed by atoms with E-state index in [1.54, 1.807) is 54.6 Å². The number of anilines is 2. The first-order valence-corrected chi connectivity index (χ1v) is 13.9. The second-order valence-corrected chi connectivity index (χ2v) is 10.6. The van der Waals surface area contributed by atoms with Crippen molar-refractivity contribution in [1.29, 1.82) is 0 Å². The molecule has 0 unspecified atom stereocenters. The smallest absolute Gasteiger partial charge is 0.294 e. The van der Waals surface area contributed by atoms with Crippen LogP contribution in [0.3, 0.4) is 0 Å². The van der Waals surface area contributed by atoms with Crippen LogP contribution >= 0.6 is 27.7 Å². The number of imide groups is 1. The first-order valence-electron chi connectivity index (χ1n) is 12.3. The van der Waals surface area contributed by atoms with Crippen LogP contribution in [-0.2, 0) is 14.4 Å².